The van der Waals surface area contributed by atoms with Crippen LogP contribution in [0.3, 0.4) is 0 Å². The Hall–Kier alpha value is -1.60. The van der Waals surface area contributed by atoms with E-state index in [4.69, 9.17) is 10.00 Å². The standard InChI is InChI=1S/C15H23N3O/c1-11(2)18(12(3)4)6-7-19-15-9-14(10-16)8-13(5)17-15/h8-9,11-12H,6-7H2,1-5H3. The molecule has 0 amide bonds. The van der Waals surface area contributed by atoms with Crippen molar-refractivity contribution in [1.29, 1.82) is 5.26 Å². The fourth-order valence-corrected chi connectivity index (χ4v) is 2.14. The molecule has 0 aliphatic rings. The summed E-state index contributed by atoms with van der Waals surface area (Å²) in [5, 5.41) is 8.90. The van der Waals surface area contributed by atoms with Gasteiger partial charge in [0.05, 0.1) is 11.6 Å². The molecule has 0 radical (unpaired) electrons. The molecule has 0 bridgehead atoms. The summed E-state index contributed by atoms with van der Waals surface area (Å²) in [7, 11) is 0. The van der Waals surface area contributed by atoms with Crippen LogP contribution in [0.15, 0.2) is 12.1 Å². The fourth-order valence-electron chi connectivity index (χ4n) is 2.14. The van der Waals surface area contributed by atoms with Gasteiger partial charge >= 0.3 is 0 Å². The first-order chi connectivity index (χ1) is 8.93. The maximum absolute atomic E-state index is 8.90. The smallest absolute Gasteiger partial charge is 0.214 e. The average molecular weight is 261 g/mol. The van der Waals surface area contributed by atoms with E-state index in [1.54, 1.807) is 12.1 Å². The number of nitrogens with zero attached hydrogens (tertiary/aromatic N) is 3. The summed E-state index contributed by atoms with van der Waals surface area (Å²) in [4.78, 5) is 6.64. The number of hydrogen-bond donors (Lipinski definition) is 0. The predicted molar refractivity (Wildman–Crippen MR) is 76.2 cm³/mol. The summed E-state index contributed by atoms with van der Waals surface area (Å²) < 4.78 is 5.66. The fraction of sp³-hybridized carbons (Fsp3) is 0.600. The average Bonchev–Trinajstić information content (AvgIpc) is 2.32. The molecule has 0 atom stereocenters. The molecule has 0 aliphatic carbocycles. The van der Waals surface area contributed by atoms with Crippen LogP contribution in [0.5, 0.6) is 5.88 Å². The van der Waals surface area contributed by atoms with Crippen LogP contribution in [-0.2, 0) is 0 Å². The summed E-state index contributed by atoms with van der Waals surface area (Å²) in [6, 6.07) is 6.53. The molecule has 4 nitrogen and oxygen atoms in total. The van der Waals surface area contributed by atoms with E-state index >= 15 is 0 Å². The topological polar surface area (TPSA) is 49.1 Å². The predicted octanol–water partition coefficient (Wildman–Crippen LogP) is 2.76. The molecule has 1 aromatic rings. The molecule has 104 valence electrons. The molecule has 0 unspecified atom stereocenters. The van der Waals surface area contributed by atoms with Gasteiger partial charge in [-0.15, -0.1) is 0 Å². The summed E-state index contributed by atoms with van der Waals surface area (Å²) in [5.41, 5.74) is 1.39. The lowest BCUT2D eigenvalue weighted by Gasteiger charge is -2.30. The molecular weight excluding hydrogens is 238 g/mol. The van der Waals surface area contributed by atoms with E-state index in [0.717, 1.165) is 12.2 Å². The molecule has 0 aliphatic heterocycles. The van der Waals surface area contributed by atoms with E-state index in [1.165, 1.54) is 0 Å². The summed E-state index contributed by atoms with van der Waals surface area (Å²) in [5.74, 6) is 0.531. The summed E-state index contributed by atoms with van der Waals surface area (Å²) in [6.07, 6.45) is 0. The molecule has 0 saturated carbocycles. The molecule has 0 aromatic carbocycles. The van der Waals surface area contributed by atoms with Gasteiger partial charge in [-0.1, -0.05) is 0 Å². The number of pyridine rings is 1. The Morgan fingerprint density at radius 2 is 1.89 bits per heavy atom. The van der Waals surface area contributed by atoms with Gasteiger partial charge in [-0.05, 0) is 40.7 Å². The number of nitriles is 1. The molecule has 1 aromatic heterocycles. The van der Waals surface area contributed by atoms with Gasteiger partial charge in [0.25, 0.3) is 0 Å². The van der Waals surface area contributed by atoms with Crippen molar-refractivity contribution in [3.05, 3.63) is 23.4 Å². The third-order valence-electron chi connectivity index (χ3n) is 2.99. The zero-order chi connectivity index (χ0) is 14.4. The van der Waals surface area contributed by atoms with Gasteiger partial charge in [-0.3, -0.25) is 4.90 Å². The number of rotatable bonds is 6. The van der Waals surface area contributed by atoms with Crippen LogP contribution in [0.4, 0.5) is 0 Å². The van der Waals surface area contributed by atoms with E-state index in [9.17, 15) is 0 Å². The first kappa shape index (κ1) is 15.5. The van der Waals surface area contributed by atoms with Crippen molar-refractivity contribution in [3.63, 3.8) is 0 Å². The normalized spacial score (nSPS) is 11.1. The molecule has 0 fully saturated rings. The largest absolute Gasteiger partial charge is 0.476 e. The summed E-state index contributed by atoms with van der Waals surface area (Å²) in [6.45, 7) is 12.0. The van der Waals surface area contributed by atoms with Gasteiger partial charge in [-0.2, -0.15) is 5.26 Å². The molecule has 19 heavy (non-hydrogen) atoms. The monoisotopic (exact) mass is 261 g/mol. The SMILES string of the molecule is Cc1cc(C#N)cc(OCCN(C(C)C)C(C)C)n1. The highest BCUT2D eigenvalue weighted by Gasteiger charge is 2.13. The molecule has 1 heterocycles. The quantitative estimate of drug-likeness (QED) is 0.790. The van der Waals surface area contributed by atoms with Crippen molar-refractivity contribution in [3.8, 4) is 11.9 Å². The van der Waals surface area contributed by atoms with Gasteiger partial charge < -0.3 is 4.74 Å². The van der Waals surface area contributed by atoms with Crippen LogP contribution in [-0.4, -0.2) is 35.1 Å². The minimum Gasteiger partial charge on any atom is -0.476 e. The maximum atomic E-state index is 8.90. The van der Waals surface area contributed by atoms with Crippen molar-refractivity contribution < 1.29 is 4.74 Å². The molecule has 0 saturated heterocycles. The van der Waals surface area contributed by atoms with Gasteiger partial charge in [-0.25, -0.2) is 4.98 Å². The van der Waals surface area contributed by atoms with Gasteiger partial charge in [0.1, 0.15) is 6.61 Å². The van der Waals surface area contributed by atoms with E-state index < -0.39 is 0 Å². The van der Waals surface area contributed by atoms with E-state index in [0.29, 0.717) is 30.1 Å². The number of aromatic nitrogens is 1. The van der Waals surface area contributed by atoms with Crippen LogP contribution < -0.4 is 4.74 Å². The minimum absolute atomic E-state index is 0.490. The van der Waals surface area contributed by atoms with Crippen LogP contribution >= 0.6 is 0 Å². The highest BCUT2D eigenvalue weighted by Crippen LogP contribution is 2.12. The van der Waals surface area contributed by atoms with E-state index in [2.05, 4.69) is 43.6 Å². The summed E-state index contributed by atoms with van der Waals surface area (Å²) >= 11 is 0. The van der Waals surface area contributed by atoms with Crippen molar-refractivity contribution in [2.24, 2.45) is 0 Å². The van der Waals surface area contributed by atoms with Crippen molar-refractivity contribution in [1.82, 2.24) is 9.88 Å². The Kier molecular flexibility index (Phi) is 5.78. The van der Waals surface area contributed by atoms with Crippen LogP contribution in [0.25, 0.3) is 0 Å². The highest BCUT2D eigenvalue weighted by atomic mass is 16.5. The Morgan fingerprint density at radius 1 is 1.26 bits per heavy atom. The Bertz CT molecular complexity index is 441. The minimum atomic E-state index is 0.490. The van der Waals surface area contributed by atoms with Gasteiger partial charge in [0, 0.05) is 30.4 Å². The highest BCUT2D eigenvalue weighted by molar-refractivity contribution is 5.34. The third kappa shape index (κ3) is 4.88. The number of ether oxygens (including phenoxy) is 1. The van der Waals surface area contributed by atoms with Crippen LogP contribution in [0.2, 0.25) is 0 Å². The Morgan fingerprint density at radius 3 is 2.42 bits per heavy atom. The second kappa shape index (κ2) is 7.10. The van der Waals surface area contributed by atoms with E-state index in [1.807, 2.05) is 6.92 Å². The molecule has 0 spiro atoms. The van der Waals surface area contributed by atoms with Gasteiger partial charge in [0.15, 0.2) is 0 Å². The first-order valence-corrected chi connectivity index (χ1v) is 6.71. The lowest BCUT2D eigenvalue weighted by atomic mass is 10.2. The van der Waals surface area contributed by atoms with Gasteiger partial charge in [0.2, 0.25) is 5.88 Å². The Balaban J connectivity index is 2.58. The Labute approximate surface area is 116 Å². The van der Waals surface area contributed by atoms with E-state index in [-0.39, 0.29) is 0 Å². The molecule has 1 rings (SSSR count). The zero-order valence-corrected chi connectivity index (χ0v) is 12.5. The van der Waals surface area contributed by atoms with Crippen LogP contribution in [0.1, 0.15) is 39.0 Å². The number of aryl methyl sites for hydroxylation is 1. The van der Waals surface area contributed by atoms with Crippen molar-refractivity contribution in [2.75, 3.05) is 13.2 Å². The number of hydrogen-bond acceptors (Lipinski definition) is 4. The zero-order valence-electron chi connectivity index (χ0n) is 12.5. The first-order valence-electron chi connectivity index (χ1n) is 6.71. The van der Waals surface area contributed by atoms with Crippen LogP contribution in [0, 0.1) is 18.3 Å². The molecular formula is C15H23N3O. The lowest BCUT2D eigenvalue weighted by Crippen LogP contribution is -2.39. The maximum Gasteiger partial charge on any atom is 0.214 e. The van der Waals surface area contributed by atoms with Crippen molar-refractivity contribution in [2.45, 2.75) is 46.7 Å². The third-order valence-corrected chi connectivity index (χ3v) is 2.99. The van der Waals surface area contributed by atoms with Crippen molar-refractivity contribution >= 4 is 0 Å². The molecule has 0 N–H and O–H groups in total. The second-order valence-electron chi connectivity index (χ2n) is 5.22. The lowest BCUT2D eigenvalue weighted by molar-refractivity contribution is 0.140. The molecule has 4 heteroatoms. The second-order valence-corrected chi connectivity index (χ2v) is 5.22.